The molecule has 1 unspecified atom stereocenters. The zero-order valence-electron chi connectivity index (χ0n) is 12.6. The standard InChI is InChI=1S/C18H22BrNS/c1-3-10-20-14(2)16-7-5-9-18(12-16)21-13-15-6-4-8-17(19)11-15/h4-9,11-12,14,20H,3,10,13H2,1-2H3. The molecule has 112 valence electrons. The fourth-order valence-corrected chi connectivity index (χ4v) is 3.50. The average Bonchev–Trinajstić information content (AvgIpc) is 2.51. The number of rotatable bonds is 7. The first-order valence-corrected chi connectivity index (χ1v) is 9.17. The molecule has 2 rings (SSSR count). The van der Waals surface area contributed by atoms with Gasteiger partial charge in [-0.15, -0.1) is 11.8 Å². The molecular weight excluding hydrogens is 342 g/mol. The Morgan fingerprint density at radius 3 is 2.71 bits per heavy atom. The van der Waals surface area contributed by atoms with Gasteiger partial charge in [-0.25, -0.2) is 0 Å². The SMILES string of the molecule is CCCNC(C)c1cccc(SCc2cccc(Br)c2)c1. The van der Waals surface area contributed by atoms with Gasteiger partial charge in [-0.2, -0.15) is 0 Å². The number of hydrogen-bond donors (Lipinski definition) is 1. The third kappa shape index (κ3) is 5.50. The van der Waals surface area contributed by atoms with Gasteiger partial charge in [0.25, 0.3) is 0 Å². The van der Waals surface area contributed by atoms with Crippen molar-refractivity contribution in [3.05, 3.63) is 64.1 Å². The lowest BCUT2D eigenvalue weighted by Crippen LogP contribution is -2.19. The van der Waals surface area contributed by atoms with Crippen molar-refractivity contribution in [2.75, 3.05) is 6.54 Å². The van der Waals surface area contributed by atoms with Crippen LogP contribution in [0.2, 0.25) is 0 Å². The van der Waals surface area contributed by atoms with Gasteiger partial charge in [0.1, 0.15) is 0 Å². The van der Waals surface area contributed by atoms with Crippen LogP contribution in [0.25, 0.3) is 0 Å². The molecule has 1 N–H and O–H groups in total. The van der Waals surface area contributed by atoms with E-state index in [0.29, 0.717) is 6.04 Å². The topological polar surface area (TPSA) is 12.0 Å². The molecule has 0 saturated carbocycles. The first-order valence-electron chi connectivity index (χ1n) is 7.39. The van der Waals surface area contributed by atoms with Crippen molar-refractivity contribution >= 4 is 27.7 Å². The van der Waals surface area contributed by atoms with Gasteiger partial charge in [0.05, 0.1) is 0 Å². The summed E-state index contributed by atoms with van der Waals surface area (Å²) in [7, 11) is 0. The monoisotopic (exact) mass is 363 g/mol. The van der Waals surface area contributed by atoms with Gasteiger partial charge in [0.2, 0.25) is 0 Å². The first kappa shape index (κ1) is 16.6. The van der Waals surface area contributed by atoms with Crippen LogP contribution in [0.3, 0.4) is 0 Å². The fourth-order valence-electron chi connectivity index (χ4n) is 2.15. The number of nitrogens with one attached hydrogen (secondary N) is 1. The first-order chi connectivity index (χ1) is 10.2. The number of benzene rings is 2. The lowest BCUT2D eigenvalue weighted by Gasteiger charge is -2.14. The lowest BCUT2D eigenvalue weighted by molar-refractivity contribution is 0.570. The van der Waals surface area contributed by atoms with Gasteiger partial charge in [0, 0.05) is 21.2 Å². The predicted octanol–water partition coefficient (Wildman–Crippen LogP) is 5.80. The van der Waals surface area contributed by atoms with E-state index in [2.05, 4.69) is 83.6 Å². The molecule has 0 bridgehead atoms. The molecule has 0 aliphatic rings. The number of hydrogen-bond acceptors (Lipinski definition) is 2. The summed E-state index contributed by atoms with van der Waals surface area (Å²) in [6.07, 6.45) is 1.17. The molecule has 0 radical (unpaired) electrons. The van der Waals surface area contributed by atoms with Gasteiger partial charge in [0.15, 0.2) is 0 Å². The number of thioether (sulfide) groups is 1. The third-order valence-corrected chi connectivity index (χ3v) is 4.91. The maximum Gasteiger partial charge on any atom is 0.0292 e. The molecule has 0 fully saturated rings. The van der Waals surface area contributed by atoms with Crippen molar-refractivity contribution in [2.24, 2.45) is 0 Å². The van der Waals surface area contributed by atoms with Gasteiger partial charge in [-0.05, 0) is 55.3 Å². The molecule has 0 spiro atoms. The molecule has 21 heavy (non-hydrogen) atoms. The molecule has 2 aromatic rings. The van der Waals surface area contributed by atoms with Gasteiger partial charge in [-0.1, -0.05) is 47.1 Å². The second-order valence-corrected chi connectivity index (χ2v) is 7.13. The van der Waals surface area contributed by atoms with E-state index in [4.69, 9.17) is 0 Å². The molecule has 0 aliphatic carbocycles. The normalized spacial score (nSPS) is 12.3. The minimum atomic E-state index is 0.413. The Balaban J connectivity index is 1.97. The van der Waals surface area contributed by atoms with Crippen LogP contribution < -0.4 is 5.32 Å². The maximum absolute atomic E-state index is 3.54. The van der Waals surface area contributed by atoms with E-state index in [1.54, 1.807) is 0 Å². The second-order valence-electron chi connectivity index (χ2n) is 5.17. The van der Waals surface area contributed by atoms with E-state index in [9.17, 15) is 0 Å². The van der Waals surface area contributed by atoms with Crippen LogP contribution in [0.15, 0.2) is 57.9 Å². The molecule has 0 amide bonds. The molecule has 0 heterocycles. The van der Waals surface area contributed by atoms with Crippen LogP contribution in [0, 0.1) is 0 Å². The summed E-state index contributed by atoms with van der Waals surface area (Å²) in [6, 6.07) is 17.8. The zero-order chi connectivity index (χ0) is 15.1. The summed E-state index contributed by atoms with van der Waals surface area (Å²) < 4.78 is 1.15. The van der Waals surface area contributed by atoms with Crippen LogP contribution in [-0.2, 0) is 5.75 Å². The highest BCUT2D eigenvalue weighted by molar-refractivity contribution is 9.10. The van der Waals surface area contributed by atoms with Crippen molar-refractivity contribution in [3.63, 3.8) is 0 Å². The summed E-state index contributed by atoms with van der Waals surface area (Å²) >= 11 is 5.41. The summed E-state index contributed by atoms with van der Waals surface area (Å²) in [5, 5.41) is 3.54. The van der Waals surface area contributed by atoms with E-state index in [1.165, 1.54) is 22.4 Å². The van der Waals surface area contributed by atoms with E-state index in [-0.39, 0.29) is 0 Å². The van der Waals surface area contributed by atoms with E-state index in [0.717, 1.165) is 16.8 Å². The minimum absolute atomic E-state index is 0.413. The van der Waals surface area contributed by atoms with Crippen molar-refractivity contribution in [3.8, 4) is 0 Å². The minimum Gasteiger partial charge on any atom is -0.310 e. The molecule has 2 aromatic carbocycles. The Hall–Kier alpha value is -0.770. The molecule has 3 heteroatoms. The van der Waals surface area contributed by atoms with Crippen LogP contribution >= 0.6 is 27.7 Å². The number of halogens is 1. The smallest absolute Gasteiger partial charge is 0.0292 e. The van der Waals surface area contributed by atoms with Crippen molar-refractivity contribution in [1.29, 1.82) is 0 Å². The van der Waals surface area contributed by atoms with E-state index >= 15 is 0 Å². The highest BCUT2D eigenvalue weighted by atomic mass is 79.9. The summed E-state index contributed by atoms with van der Waals surface area (Å²) in [5.41, 5.74) is 2.71. The van der Waals surface area contributed by atoms with Crippen LogP contribution in [0.5, 0.6) is 0 Å². The quantitative estimate of drug-likeness (QED) is 0.623. The average molecular weight is 364 g/mol. The molecular formula is C18H22BrNS. The molecule has 1 nitrogen and oxygen atoms in total. The third-order valence-electron chi connectivity index (χ3n) is 3.35. The summed E-state index contributed by atoms with van der Waals surface area (Å²) in [5.74, 6) is 1.000. The van der Waals surface area contributed by atoms with Gasteiger partial charge in [-0.3, -0.25) is 0 Å². The molecule has 0 saturated heterocycles. The van der Waals surface area contributed by atoms with E-state index in [1.807, 2.05) is 11.8 Å². The van der Waals surface area contributed by atoms with Gasteiger partial charge >= 0.3 is 0 Å². The van der Waals surface area contributed by atoms with Crippen molar-refractivity contribution in [2.45, 2.75) is 37.0 Å². The molecule has 0 aliphatic heterocycles. The fraction of sp³-hybridized carbons (Fsp3) is 0.333. The van der Waals surface area contributed by atoms with Crippen molar-refractivity contribution < 1.29 is 0 Å². The highest BCUT2D eigenvalue weighted by Gasteiger charge is 2.05. The zero-order valence-corrected chi connectivity index (χ0v) is 15.0. The van der Waals surface area contributed by atoms with Crippen LogP contribution in [0.1, 0.15) is 37.4 Å². The Bertz CT molecular complexity index is 571. The molecule has 0 aromatic heterocycles. The predicted molar refractivity (Wildman–Crippen MR) is 96.9 cm³/mol. The summed E-state index contributed by atoms with van der Waals surface area (Å²) in [4.78, 5) is 1.33. The van der Waals surface area contributed by atoms with Crippen molar-refractivity contribution in [1.82, 2.24) is 5.32 Å². The second kappa shape index (κ2) is 8.62. The van der Waals surface area contributed by atoms with E-state index < -0.39 is 0 Å². The largest absolute Gasteiger partial charge is 0.310 e. The van der Waals surface area contributed by atoms with Crippen LogP contribution in [-0.4, -0.2) is 6.54 Å². The molecule has 1 atom stereocenters. The lowest BCUT2D eigenvalue weighted by atomic mass is 10.1. The van der Waals surface area contributed by atoms with Gasteiger partial charge < -0.3 is 5.32 Å². The highest BCUT2D eigenvalue weighted by Crippen LogP contribution is 2.26. The maximum atomic E-state index is 3.54. The Morgan fingerprint density at radius 2 is 1.95 bits per heavy atom. The Labute approximate surface area is 140 Å². The Morgan fingerprint density at radius 1 is 1.14 bits per heavy atom. The Kier molecular flexibility index (Phi) is 6.81. The summed E-state index contributed by atoms with van der Waals surface area (Å²) in [6.45, 7) is 5.49. The van der Waals surface area contributed by atoms with Crippen LogP contribution in [0.4, 0.5) is 0 Å².